The van der Waals surface area contributed by atoms with E-state index in [1.54, 1.807) is 5.56 Å². The van der Waals surface area contributed by atoms with Crippen LogP contribution in [0.3, 0.4) is 0 Å². The summed E-state index contributed by atoms with van der Waals surface area (Å²) >= 11 is 0. The highest BCUT2D eigenvalue weighted by Crippen LogP contribution is 2.56. The van der Waals surface area contributed by atoms with Crippen molar-refractivity contribution in [1.82, 2.24) is 9.97 Å². The lowest BCUT2D eigenvalue weighted by molar-refractivity contribution is 0.353. The van der Waals surface area contributed by atoms with Crippen LogP contribution in [0.1, 0.15) is 43.2 Å². The van der Waals surface area contributed by atoms with E-state index < -0.39 is 0 Å². The molecule has 0 amide bonds. The second kappa shape index (κ2) is 15.2. The fourth-order valence-corrected chi connectivity index (χ4v) is 9.82. The summed E-state index contributed by atoms with van der Waals surface area (Å²) in [5.41, 5.74) is 20.7. The minimum Gasteiger partial charge on any atom is -0.228 e. The number of hydrogen-bond acceptors (Lipinski definition) is 2. The molecule has 2 nitrogen and oxygen atoms in total. The standard InChI is InChI=1S/C58H44N2/c1-4-13-40(14-5-1)41-29-31-46(32-30-41)55-39-56(60-57(59-55)47-15-6-2-7-16-47)50-18-12-17-48(37-50)44-25-21-42(22-26-44)43-23-27-45(28-24-43)49-33-34-52-51-19-8-9-20-53(51)58(54(52)38-49)35-10-3-11-36-58/h1-2,4-9,12-34,37-39H,3,10-11,35-36H2. The molecule has 11 rings (SSSR count). The topological polar surface area (TPSA) is 25.8 Å². The fourth-order valence-electron chi connectivity index (χ4n) is 9.82. The zero-order valence-corrected chi connectivity index (χ0v) is 33.6. The van der Waals surface area contributed by atoms with Gasteiger partial charge in [0.25, 0.3) is 0 Å². The summed E-state index contributed by atoms with van der Waals surface area (Å²) in [4.78, 5) is 10.2. The Balaban J connectivity index is 0.864. The van der Waals surface area contributed by atoms with Crippen LogP contribution in [0.25, 0.3) is 89.5 Å². The van der Waals surface area contributed by atoms with Gasteiger partial charge in [0, 0.05) is 22.1 Å². The lowest BCUT2D eigenvalue weighted by Crippen LogP contribution is -2.28. The molecule has 0 radical (unpaired) electrons. The smallest absolute Gasteiger partial charge is 0.160 e. The molecule has 0 N–H and O–H groups in total. The van der Waals surface area contributed by atoms with E-state index in [9.17, 15) is 0 Å². The third kappa shape index (κ3) is 6.55. The second-order valence-electron chi connectivity index (χ2n) is 16.5. The zero-order valence-electron chi connectivity index (χ0n) is 33.6. The highest BCUT2D eigenvalue weighted by Gasteiger charge is 2.43. The number of fused-ring (bicyclic) bond motifs is 5. The summed E-state index contributed by atoms with van der Waals surface area (Å²) in [6, 6.07) is 74.7. The minimum absolute atomic E-state index is 0.167. The van der Waals surface area contributed by atoms with Gasteiger partial charge in [0.15, 0.2) is 5.82 Å². The normalized spacial score (nSPS) is 13.8. The Kier molecular flexibility index (Phi) is 9.12. The van der Waals surface area contributed by atoms with Gasteiger partial charge in [-0.15, -0.1) is 0 Å². The Morgan fingerprint density at radius 1 is 0.283 bits per heavy atom. The van der Waals surface area contributed by atoms with Gasteiger partial charge >= 0.3 is 0 Å². The molecule has 1 saturated carbocycles. The third-order valence-corrected chi connectivity index (χ3v) is 12.9. The lowest BCUT2D eigenvalue weighted by Gasteiger charge is -2.36. The van der Waals surface area contributed by atoms with Crippen LogP contribution in [0.2, 0.25) is 0 Å². The fraction of sp³-hybridized carbons (Fsp3) is 0.103. The van der Waals surface area contributed by atoms with Crippen molar-refractivity contribution in [3.63, 3.8) is 0 Å². The number of benzene rings is 8. The van der Waals surface area contributed by atoms with Gasteiger partial charge < -0.3 is 0 Å². The highest BCUT2D eigenvalue weighted by atomic mass is 14.9. The van der Waals surface area contributed by atoms with E-state index in [-0.39, 0.29) is 5.41 Å². The quantitative estimate of drug-likeness (QED) is 0.161. The average Bonchev–Trinajstić information content (AvgIpc) is 3.60. The molecule has 2 heteroatoms. The first-order valence-electron chi connectivity index (χ1n) is 21.4. The van der Waals surface area contributed by atoms with Gasteiger partial charge in [0.1, 0.15) is 0 Å². The van der Waals surface area contributed by atoms with Gasteiger partial charge in [-0.1, -0.05) is 207 Å². The Morgan fingerprint density at radius 3 is 1.35 bits per heavy atom. The van der Waals surface area contributed by atoms with Gasteiger partial charge in [0.2, 0.25) is 0 Å². The molecule has 1 heterocycles. The van der Waals surface area contributed by atoms with Crippen molar-refractivity contribution in [2.75, 3.05) is 0 Å². The SMILES string of the molecule is c1ccc(-c2ccc(-c3cc(-c4cccc(-c5ccc(-c6ccc(-c7ccc8c(c7)C7(CCCCC7)c7ccccc7-8)cc6)cc5)c4)nc(-c4ccccc4)n3)cc2)cc1. The minimum atomic E-state index is 0.167. The van der Waals surface area contributed by atoms with Crippen molar-refractivity contribution >= 4 is 0 Å². The molecule has 0 bridgehead atoms. The van der Waals surface area contributed by atoms with E-state index in [1.165, 1.54) is 87.7 Å². The van der Waals surface area contributed by atoms with Crippen molar-refractivity contribution in [1.29, 1.82) is 0 Å². The molecule has 2 aliphatic rings. The first-order chi connectivity index (χ1) is 29.7. The summed E-state index contributed by atoms with van der Waals surface area (Å²) < 4.78 is 0. The molecule has 2 aliphatic carbocycles. The molecule has 1 fully saturated rings. The van der Waals surface area contributed by atoms with E-state index in [0.717, 1.165) is 33.6 Å². The van der Waals surface area contributed by atoms with Gasteiger partial charge in [-0.2, -0.15) is 0 Å². The maximum absolute atomic E-state index is 5.12. The van der Waals surface area contributed by atoms with E-state index >= 15 is 0 Å². The lowest BCUT2D eigenvalue weighted by atomic mass is 9.67. The van der Waals surface area contributed by atoms with Crippen LogP contribution in [-0.2, 0) is 5.41 Å². The Labute approximate surface area is 353 Å². The number of aromatic nitrogens is 2. The van der Waals surface area contributed by atoms with Gasteiger partial charge in [-0.3, -0.25) is 0 Å². The molecule has 0 atom stereocenters. The predicted molar refractivity (Wildman–Crippen MR) is 249 cm³/mol. The first-order valence-corrected chi connectivity index (χ1v) is 21.4. The van der Waals surface area contributed by atoms with Crippen LogP contribution in [0.4, 0.5) is 0 Å². The maximum atomic E-state index is 5.12. The number of hydrogen-bond donors (Lipinski definition) is 0. The summed E-state index contributed by atoms with van der Waals surface area (Å²) in [6.07, 6.45) is 6.46. The van der Waals surface area contributed by atoms with Crippen molar-refractivity contribution < 1.29 is 0 Å². The van der Waals surface area contributed by atoms with Crippen molar-refractivity contribution in [3.8, 4) is 89.5 Å². The summed E-state index contributed by atoms with van der Waals surface area (Å²) in [5, 5.41) is 0. The first kappa shape index (κ1) is 36.0. The van der Waals surface area contributed by atoms with Gasteiger partial charge in [-0.25, -0.2) is 9.97 Å². The third-order valence-electron chi connectivity index (χ3n) is 12.9. The number of rotatable bonds is 7. The Hall–Kier alpha value is -7.16. The van der Waals surface area contributed by atoms with Crippen LogP contribution >= 0.6 is 0 Å². The van der Waals surface area contributed by atoms with E-state index in [4.69, 9.17) is 9.97 Å². The Morgan fingerprint density at radius 2 is 0.717 bits per heavy atom. The molecule has 0 unspecified atom stereocenters. The van der Waals surface area contributed by atoms with E-state index in [0.29, 0.717) is 5.82 Å². The Bertz CT molecular complexity index is 2960. The molecule has 0 aliphatic heterocycles. The summed E-state index contributed by atoms with van der Waals surface area (Å²) in [7, 11) is 0. The molecular formula is C58H44N2. The van der Waals surface area contributed by atoms with Gasteiger partial charge in [-0.05, 0) is 97.8 Å². The van der Waals surface area contributed by atoms with Crippen molar-refractivity contribution in [2.45, 2.75) is 37.5 Å². The van der Waals surface area contributed by atoms with Crippen LogP contribution in [0, 0.1) is 0 Å². The van der Waals surface area contributed by atoms with Crippen LogP contribution in [0.15, 0.2) is 206 Å². The number of nitrogens with zero attached hydrogens (tertiary/aromatic N) is 2. The summed E-state index contributed by atoms with van der Waals surface area (Å²) in [6.45, 7) is 0. The van der Waals surface area contributed by atoms with Crippen molar-refractivity contribution in [3.05, 3.63) is 217 Å². The van der Waals surface area contributed by atoms with Gasteiger partial charge in [0.05, 0.1) is 11.4 Å². The van der Waals surface area contributed by atoms with Crippen molar-refractivity contribution in [2.24, 2.45) is 0 Å². The summed E-state index contributed by atoms with van der Waals surface area (Å²) in [5.74, 6) is 0.714. The highest BCUT2D eigenvalue weighted by molar-refractivity contribution is 5.85. The maximum Gasteiger partial charge on any atom is 0.160 e. The molecule has 8 aromatic carbocycles. The van der Waals surface area contributed by atoms with E-state index in [2.05, 4.69) is 182 Å². The van der Waals surface area contributed by atoms with Crippen LogP contribution in [-0.4, -0.2) is 9.97 Å². The zero-order chi connectivity index (χ0) is 39.9. The molecule has 0 saturated heterocycles. The average molecular weight is 769 g/mol. The molecule has 9 aromatic rings. The van der Waals surface area contributed by atoms with Crippen LogP contribution < -0.4 is 0 Å². The molecule has 1 spiro atoms. The second-order valence-corrected chi connectivity index (χ2v) is 16.5. The van der Waals surface area contributed by atoms with E-state index in [1.807, 2.05) is 24.3 Å². The largest absolute Gasteiger partial charge is 0.228 e. The predicted octanol–water partition coefficient (Wildman–Crippen LogP) is 15.4. The molecular weight excluding hydrogens is 725 g/mol. The monoisotopic (exact) mass is 768 g/mol. The molecule has 286 valence electrons. The van der Waals surface area contributed by atoms with Crippen LogP contribution in [0.5, 0.6) is 0 Å². The molecule has 1 aromatic heterocycles. The molecule has 60 heavy (non-hydrogen) atoms.